The summed E-state index contributed by atoms with van der Waals surface area (Å²) in [5.41, 5.74) is 4.87. The average molecular weight is 519 g/mol. The molecule has 10 heteroatoms. The Labute approximate surface area is 220 Å². The highest BCUT2D eigenvalue weighted by Gasteiger charge is 2.32. The molecule has 1 heterocycles. The molecule has 0 spiro atoms. The monoisotopic (exact) mass is 518 g/mol. The number of fused-ring (bicyclic) bond motifs is 1. The van der Waals surface area contributed by atoms with Crippen molar-refractivity contribution in [3.63, 3.8) is 0 Å². The number of allylic oxidation sites excluding steroid dienone is 1. The number of benzene rings is 3. The summed E-state index contributed by atoms with van der Waals surface area (Å²) in [5, 5.41) is 22.0. The van der Waals surface area contributed by atoms with Crippen molar-refractivity contribution in [1.82, 2.24) is 16.1 Å². The van der Waals surface area contributed by atoms with Crippen LogP contribution in [-0.4, -0.2) is 49.9 Å². The van der Waals surface area contributed by atoms with Gasteiger partial charge in [-0.25, -0.2) is 9.59 Å². The first-order valence-electron chi connectivity index (χ1n) is 12.1. The highest BCUT2D eigenvalue weighted by atomic mass is 16.5. The summed E-state index contributed by atoms with van der Waals surface area (Å²) in [6.07, 6.45) is 0.559. The van der Waals surface area contributed by atoms with E-state index in [1.807, 2.05) is 49.4 Å². The van der Waals surface area contributed by atoms with Crippen LogP contribution < -0.4 is 25.5 Å². The number of carbonyl (C=O) groups excluding carboxylic acids is 2. The van der Waals surface area contributed by atoms with Crippen molar-refractivity contribution in [1.29, 1.82) is 0 Å². The number of nitrogens with one attached hydrogen (secondary N) is 3. The number of hydrazone groups is 1. The highest BCUT2D eigenvalue weighted by molar-refractivity contribution is 5.99. The predicted molar refractivity (Wildman–Crippen MR) is 143 cm³/mol. The number of ether oxygens (including phenoxy) is 3. The quantitative estimate of drug-likeness (QED) is 0.140. The van der Waals surface area contributed by atoms with Crippen molar-refractivity contribution in [3.05, 3.63) is 83.1 Å². The molecule has 198 valence electrons. The first-order chi connectivity index (χ1) is 18.4. The normalized spacial score (nSPS) is 16.1. The van der Waals surface area contributed by atoms with Gasteiger partial charge in [0.25, 0.3) is 0 Å². The summed E-state index contributed by atoms with van der Waals surface area (Å²) < 4.78 is 16.4. The molecule has 3 aromatic carbocycles. The summed E-state index contributed by atoms with van der Waals surface area (Å²) in [5.74, 6) is 0.220. The summed E-state index contributed by atoms with van der Waals surface area (Å²) >= 11 is 0. The lowest BCUT2D eigenvalue weighted by atomic mass is 9.95. The zero-order chi connectivity index (χ0) is 27.1. The maximum atomic E-state index is 12.4. The molecule has 0 aliphatic carbocycles. The second kappa shape index (κ2) is 12.1. The van der Waals surface area contributed by atoms with Crippen LogP contribution in [0.3, 0.4) is 0 Å². The molecule has 0 fully saturated rings. The molecule has 2 atom stereocenters. The Morgan fingerprint density at radius 1 is 1.13 bits per heavy atom. The second-order valence-corrected chi connectivity index (χ2v) is 8.48. The van der Waals surface area contributed by atoms with Crippen LogP contribution in [0.2, 0.25) is 0 Å². The minimum absolute atomic E-state index is 0.108. The Hall–Kier alpha value is -4.57. The van der Waals surface area contributed by atoms with Gasteiger partial charge in [0.05, 0.1) is 31.5 Å². The van der Waals surface area contributed by atoms with Gasteiger partial charge < -0.3 is 30.0 Å². The fourth-order valence-electron chi connectivity index (χ4n) is 4.18. The largest absolute Gasteiger partial charge is 0.490 e. The fraction of sp³-hybridized carbons (Fsp3) is 0.250. The number of amides is 2. The molecule has 4 rings (SSSR count). The maximum Gasteiger partial charge on any atom is 0.337 e. The Morgan fingerprint density at radius 3 is 2.71 bits per heavy atom. The van der Waals surface area contributed by atoms with Crippen LogP contribution in [0.25, 0.3) is 10.8 Å². The topological polar surface area (TPSA) is 131 Å². The minimum atomic E-state index is -1.09. The van der Waals surface area contributed by atoms with E-state index >= 15 is 0 Å². The molecule has 0 aromatic heterocycles. The Kier molecular flexibility index (Phi) is 8.44. The molecular weight excluding hydrogens is 488 g/mol. The average Bonchev–Trinajstić information content (AvgIpc) is 2.92. The van der Waals surface area contributed by atoms with Gasteiger partial charge in [-0.05, 0) is 42.3 Å². The van der Waals surface area contributed by atoms with Gasteiger partial charge in [0.2, 0.25) is 0 Å². The van der Waals surface area contributed by atoms with Crippen LogP contribution in [0.4, 0.5) is 4.79 Å². The van der Waals surface area contributed by atoms with Crippen LogP contribution in [-0.2, 0) is 9.53 Å². The molecule has 0 saturated carbocycles. The first-order valence-corrected chi connectivity index (χ1v) is 12.1. The minimum Gasteiger partial charge on any atom is -0.490 e. The lowest BCUT2D eigenvalue weighted by Gasteiger charge is -2.28. The van der Waals surface area contributed by atoms with Gasteiger partial charge in [0.15, 0.2) is 17.7 Å². The van der Waals surface area contributed by atoms with Gasteiger partial charge >= 0.3 is 12.0 Å². The molecular formula is C28H30N4O6. The van der Waals surface area contributed by atoms with E-state index in [1.165, 1.54) is 7.11 Å². The Bertz CT molecular complexity index is 1380. The third-order valence-corrected chi connectivity index (χ3v) is 5.92. The maximum absolute atomic E-state index is 12.4. The number of methoxy groups -OCH3 is 1. The van der Waals surface area contributed by atoms with Crippen LogP contribution in [0.15, 0.2) is 77.0 Å². The van der Waals surface area contributed by atoms with Crippen LogP contribution >= 0.6 is 0 Å². The molecule has 0 radical (unpaired) electrons. The van der Waals surface area contributed by atoms with Gasteiger partial charge in [-0.2, -0.15) is 5.10 Å². The SMILES string of the molecule is CCOc1cc([C@H]2NC(=O)NC(C)=C2C(=O)OC)ccc1OC[C@@H](O)N/N=C/c1cccc2ccccc12. The molecule has 1 aliphatic rings. The van der Waals surface area contributed by atoms with E-state index in [4.69, 9.17) is 14.2 Å². The van der Waals surface area contributed by atoms with E-state index in [1.54, 1.807) is 31.3 Å². The van der Waals surface area contributed by atoms with Crippen molar-refractivity contribution in [2.45, 2.75) is 26.1 Å². The van der Waals surface area contributed by atoms with Crippen LogP contribution in [0.5, 0.6) is 11.5 Å². The van der Waals surface area contributed by atoms with Crippen molar-refractivity contribution in [2.75, 3.05) is 20.3 Å². The lowest BCUT2D eigenvalue weighted by molar-refractivity contribution is -0.136. The van der Waals surface area contributed by atoms with E-state index in [-0.39, 0.29) is 12.2 Å². The Balaban J connectivity index is 1.45. The molecule has 38 heavy (non-hydrogen) atoms. The smallest absolute Gasteiger partial charge is 0.337 e. The molecule has 0 bridgehead atoms. The molecule has 3 aromatic rings. The Morgan fingerprint density at radius 2 is 1.92 bits per heavy atom. The van der Waals surface area contributed by atoms with Crippen molar-refractivity contribution < 1.29 is 28.9 Å². The van der Waals surface area contributed by atoms with Gasteiger partial charge in [0, 0.05) is 11.3 Å². The number of hydrogen-bond donors (Lipinski definition) is 4. The number of urea groups is 1. The van der Waals surface area contributed by atoms with Crippen LogP contribution in [0, 0.1) is 0 Å². The van der Waals surface area contributed by atoms with E-state index < -0.39 is 24.3 Å². The highest BCUT2D eigenvalue weighted by Crippen LogP contribution is 2.34. The van der Waals surface area contributed by atoms with E-state index in [2.05, 4.69) is 21.2 Å². The standard InChI is InChI=1S/C28H30N4O6/c1-4-37-23-14-19(26-25(27(34)36-3)17(2)30-28(35)31-26)12-13-22(23)38-16-24(33)32-29-15-20-10-7-9-18-8-5-6-11-21(18)20/h5-15,24,26,32-33H,4,16H2,1-3H3,(H2,30,31,35)/b29-15+/t24-,26-/m1/s1. The van der Waals surface area contributed by atoms with Gasteiger partial charge in [-0.3, -0.25) is 5.43 Å². The third-order valence-electron chi connectivity index (χ3n) is 5.92. The van der Waals surface area contributed by atoms with Gasteiger partial charge in [-0.1, -0.05) is 48.5 Å². The zero-order valence-electron chi connectivity index (χ0n) is 21.4. The number of carbonyl (C=O) groups is 2. The fourth-order valence-corrected chi connectivity index (χ4v) is 4.18. The first kappa shape index (κ1) is 26.5. The molecule has 2 amide bonds. The van der Waals surface area contributed by atoms with E-state index in [0.29, 0.717) is 29.4 Å². The van der Waals surface area contributed by atoms with Gasteiger partial charge in [0.1, 0.15) is 6.61 Å². The summed E-state index contributed by atoms with van der Waals surface area (Å²) in [6.45, 7) is 3.71. The number of hydrogen-bond acceptors (Lipinski definition) is 8. The summed E-state index contributed by atoms with van der Waals surface area (Å²) in [6, 6.07) is 17.8. The predicted octanol–water partition coefficient (Wildman–Crippen LogP) is 3.36. The molecule has 10 nitrogen and oxygen atoms in total. The number of esters is 1. The molecule has 4 N–H and O–H groups in total. The molecule has 1 aliphatic heterocycles. The lowest BCUT2D eigenvalue weighted by Crippen LogP contribution is -2.45. The summed E-state index contributed by atoms with van der Waals surface area (Å²) in [7, 11) is 1.28. The number of rotatable bonds is 10. The molecule has 0 unspecified atom stereocenters. The second-order valence-electron chi connectivity index (χ2n) is 8.48. The number of nitrogens with zero attached hydrogens (tertiary/aromatic N) is 1. The third kappa shape index (κ3) is 6.04. The van der Waals surface area contributed by atoms with Gasteiger partial charge in [-0.15, -0.1) is 0 Å². The van der Waals surface area contributed by atoms with E-state index in [0.717, 1.165) is 16.3 Å². The number of aliphatic hydroxyl groups excluding tert-OH is 1. The van der Waals surface area contributed by atoms with E-state index in [9.17, 15) is 14.7 Å². The van der Waals surface area contributed by atoms with Crippen molar-refractivity contribution in [2.24, 2.45) is 5.10 Å². The number of aliphatic hydroxyl groups is 1. The van der Waals surface area contributed by atoms with Crippen molar-refractivity contribution >= 4 is 29.0 Å². The summed E-state index contributed by atoms with van der Waals surface area (Å²) in [4.78, 5) is 24.5. The molecule has 0 saturated heterocycles. The zero-order valence-corrected chi connectivity index (χ0v) is 21.4. The van der Waals surface area contributed by atoms with Crippen LogP contribution in [0.1, 0.15) is 31.0 Å². The van der Waals surface area contributed by atoms with Crippen molar-refractivity contribution in [3.8, 4) is 11.5 Å².